The van der Waals surface area contributed by atoms with E-state index in [2.05, 4.69) is 6.92 Å². The highest BCUT2D eigenvalue weighted by atomic mass is 32.1. The number of benzene rings is 1. The van der Waals surface area contributed by atoms with E-state index in [1.165, 1.54) is 21.8 Å². The second kappa shape index (κ2) is 5.69. The van der Waals surface area contributed by atoms with Crippen LogP contribution in [0.3, 0.4) is 0 Å². The van der Waals surface area contributed by atoms with Gasteiger partial charge in [0.2, 0.25) is 0 Å². The number of hydrogen-bond donors (Lipinski definition) is 0. The molecule has 3 nitrogen and oxygen atoms in total. The number of nitrogens with zero attached hydrogens (tertiary/aromatic N) is 1. The van der Waals surface area contributed by atoms with Crippen molar-refractivity contribution in [1.82, 2.24) is 0 Å². The predicted molar refractivity (Wildman–Crippen MR) is 90.0 cm³/mol. The normalized spacial score (nSPS) is 13.9. The highest BCUT2D eigenvalue weighted by Gasteiger charge is 2.40. The number of carbonyl (C=O) groups is 2. The molecular weight excluding hydrogens is 294 g/mol. The van der Waals surface area contributed by atoms with Crippen molar-refractivity contribution in [3.8, 4) is 0 Å². The van der Waals surface area contributed by atoms with Crippen molar-refractivity contribution in [2.75, 3.05) is 4.90 Å². The van der Waals surface area contributed by atoms with Gasteiger partial charge in [-0.1, -0.05) is 25.5 Å². The summed E-state index contributed by atoms with van der Waals surface area (Å²) in [5, 5.41) is 0. The Labute approximate surface area is 134 Å². The first-order chi connectivity index (χ1) is 10.5. The number of thiophene rings is 1. The van der Waals surface area contributed by atoms with E-state index in [9.17, 15) is 9.59 Å². The molecule has 0 aliphatic carbocycles. The van der Waals surface area contributed by atoms with Gasteiger partial charge in [-0.3, -0.25) is 9.59 Å². The van der Waals surface area contributed by atoms with Gasteiger partial charge >= 0.3 is 0 Å². The zero-order valence-electron chi connectivity index (χ0n) is 13.1. The molecule has 1 aliphatic heterocycles. The molecule has 0 N–H and O–H groups in total. The summed E-state index contributed by atoms with van der Waals surface area (Å²) in [7, 11) is 0. The summed E-state index contributed by atoms with van der Waals surface area (Å²) in [6, 6.07) is 7.77. The fraction of sp³-hybridized carbons (Fsp3) is 0.333. The van der Waals surface area contributed by atoms with Crippen LogP contribution < -0.4 is 4.90 Å². The fourth-order valence-electron chi connectivity index (χ4n) is 2.94. The highest BCUT2D eigenvalue weighted by molar-refractivity contribution is 7.12. The maximum atomic E-state index is 12.6. The van der Waals surface area contributed by atoms with Gasteiger partial charge < -0.3 is 0 Å². The van der Waals surface area contributed by atoms with Gasteiger partial charge in [-0.25, -0.2) is 4.90 Å². The Balaban J connectivity index is 1.92. The Morgan fingerprint density at radius 2 is 1.50 bits per heavy atom. The van der Waals surface area contributed by atoms with Crippen molar-refractivity contribution in [3.05, 3.63) is 50.7 Å². The van der Waals surface area contributed by atoms with Gasteiger partial charge in [-0.05, 0) is 44.4 Å². The zero-order valence-corrected chi connectivity index (χ0v) is 13.9. The van der Waals surface area contributed by atoms with E-state index in [1.807, 2.05) is 38.1 Å². The molecule has 1 aromatic heterocycles. The van der Waals surface area contributed by atoms with Gasteiger partial charge in [-0.2, -0.15) is 0 Å². The van der Waals surface area contributed by atoms with Crippen LogP contribution in [0.1, 0.15) is 55.8 Å². The summed E-state index contributed by atoms with van der Waals surface area (Å²) in [5.41, 5.74) is 3.08. The quantitative estimate of drug-likeness (QED) is 0.779. The molecule has 0 fully saturated rings. The summed E-state index contributed by atoms with van der Waals surface area (Å²) < 4.78 is 0. The van der Waals surface area contributed by atoms with Gasteiger partial charge in [-0.15, -0.1) is 11.3 Å². The lowest BCUT2D eigenvalue weighted by molar-refractivity contribution is 0.0926. The van der Waals surface area contributed by atoms with E-state index in [-0.39, 0.29) is 11.8 Å². The van der Waals surface area contributed by atoms with E-state index in [0.29, 0.717) is 16.8 Å². The highest BCUT2D eigenvalue weighted by Crippen LogP contribution is 2.36. The molecule has 2 heterocycles. The molecule has 0 unspecified atom stereocenters. The molecular formula is C18H19NO2S. The van der Waals surface area contributed by atoms with Crippen LogP contribution in [0.5, 0.6) is 0 Å². The average molecular weight is 313 g/mol. The summed E-state index contributed by atoms with van der Waals surface area (Å²) >= 11 is 1.52. The summed E-state index contributed by atoms with van der Waals surface area (Å²) in [5.74, 6) is -0.383. The van der Waals surface area contributed by atoms with Crippen LogP contribution in [0, 0.1) is 13.8 Å². The molecule has 114 valence electrons. The Morgan fingerprint density at radius 1 is 0.955 bits per heavy atom. The van der Waals surface area contributed by atoms with Gasteiger partial charge in [0.1, 0.15) is 0 Å². The first-order valence-corrected chi connectivity index (χ1v) is 8.44. The molecule has 0 bridgehead atoms. The first kappa shape index (κ1) is 15.0. The lowest BCUT2D eigenvalue weighted by atomic mass is 10.1. The largest absolute Gasteiger partial charge is 0.268 e. The van der Waals surface area contributed by atoms with Crippen LogP contribution in [-0.2, 0) is 6.42 Å². The number of unbranched alkanes of at least 4 members (excludes halogenated alkanes) is 1. The Hall–Kier alpha value is -1.94. The van der Waals surface area contributed by atoms with E-state index >= 15 is 0 Å². The second-order valence-electron chi connectivity index (χ2n) is 5.68. The van der Waals surface area contributed by atoms with Crippen LogP contribution in [0.4, 0.5) is 5.69 Å². The first-order valence-electron chi connectivity index (χ1n) is 7.62. The average Bonchev–Trinajstić information content (AvgIpc) is 2.94. The van der Waals surface area contributed by atoms with Crippen LogP contribution >= 0.6 is 11.3 Å². The van der Waals surface area contributed by atoms with Gasteiger partial charge in [0.05, 0.1) is 16.8 Å². The van der Waals surface area contributed by atoms with Crippen molar-refractivity contribution in [2.24, 2.45) is 0 Å². The Morgan fingerprint density at radius 3 is 2.00 bits per heavy atom. The fourth-order valence-corrected chi connectivity index (χ4v) is 3.98. The lowest BCUT2D eigenvalue weighted by Crippen LogP contribution is -2.29. The molecule has 0 atom stereocenters. The third-order valence-corrected chi connectivity index (χ3v) is 5.13. The molecule has 1 aliphatic rings. The van der Waals surface area contributed by atoms with Gasteiger partial charge in [0.25, 0.3) is 11.8 Å². The number of rotatable bonds is 4. The van der Waals surface area contributed by atoms with Crippen LogP contribution in [0.2, 0.25) is 0 Å². The molecule has 0 spiro atoms. The van der Waals surface area contributed by atoms with E-state index < -0.39 is 0 Å². The number of imide groups is 1. The number of carbonyl (C=O) groups excluding carboxylic acids is 2. The monoisotopic (exact) mass is 313 g/mol. The summed E-state index contributed by atoms with van der Waals surface area (Å²) in [6.07, 6.45) is 3.34. The van der Waals surface area contributed by atoms with Crippen molar-refractivity contribution in [3.63, 3.8) is 0 Å². The number of anilines is 1. The Kier molecular flexibility index (Phi) is 3.87. The molecule has 0 saturated heterocycles. The van der Waals surface area contributed by atoms with Crippen LogP contribution in [0.25, 0.3) is 0 Å². The number of hydrogen-bond acceptors (Lipinski definition) is 3. The van der Waals surface area contributed by atoms with E-state index in [1.54, 1.807) is 0 Å². The minimum absolute atomic E-state index is 0.192. The summed E-state index contributed by atoms with van der Waals surface area (Å²) in [6.45, 7) is 5.97. The maximum absolute atomic E-state index is 12.6. The summed E-state index contributed by atoms with van der Waals surface area (Å²) in [4.78, 5) is 28.4. The molecule has 22 heavy (non-hydrogen) atoms. The minimum atomic E-state index is -0.192. The smallest absolute Gasteiger partial charge is 0.267 e. The molecule has 0 saturated carbocycles. The van der Waals surface area contributed by atoms with Gasteiger partial charge in [0.15, 0.2) is 0 Å². The number of amides is 2. The number of aryl methyl sites for hydroxylation is 3. The molecule has 3 rings (SSSR count). The molecule has 1 aromatic carbocycles. The predicted octanol–water partition coefficient (Wildman–Crippen LogP) is 4.51. The van der Waals surface area contributed by atoms with Crippen molar-refractivity contribution in [2.45, 2.75) is 40.0 Å². The van der Waals surface area contributed by atoms with E-state index in [4.69, 9.17) is 0 Å². The topological polar surface area (TPSA) is 37.4 Å². The van der Waals surface area contributed by atoms with E-state index in [0.717, 1.165) is 29.0 Å². The lowest BCUT2D eigenvalue weighted by Gasteiger charge is -2.15. The zero-order chi connectivity index (χ0) is 15.9. The minimum Gasteiger partial charge on any atom is -0.268 e. The van der Waals surface area contributed by atoms with Crippen LogP contribution in [-0.4, -0.2) is 11.8 Å². The van der Waals surface area contributed by atoms with Gasteiger partial charge in [0, 0.05) is 9.75 Å². The van der Waals surface area contributed by atoms with Crippen molar-refractivity contribution in [1.29, 1.82) is 0 Å². The molecule has 0 radical (unpaired) electrons. The maximum Gasteiger partial charge on any atom is 0.267 e. The molecule has 2 amide bonds. The second-order valence-corrected chi connectivity index (χ2v) is 7.11. The molecule has 4 heteroatoms. The van der Waals surface area contributed by atoms with Crippen LogP contribution in [0.15, 0.2) is 24.3 Å². The standard InChI is InChI=1S/C18H19NO2S/c1-4-5-6-13-7-9-14(10-8-13)19-17(20)15-11(2)22-12(3)16(15)18(19)21/h7-10H,4-6H2,1-3H3. The van der Waals surface area contributed by atoms with Crippen molar-refractivity contribution < 1.29 is 9.59 Å². The Bertz CT molecular complexity index is 707. The molecule has 2 aromatic rings. The number of fused-ring (bicyclic) bond motifs is 1. The van der Waals surface area contributed by atoms with Crippen molar-refractivity contribution >= 4 is 28.8 Å². The third kappa shape index (κ3) is 2.28. The third-order valence-electron chi connectivity index (χ3n) is 4.11. The SMILES string of the molecule is CCCCc1ccc(N2C(=O)c3c(C)sc(C)c3C2=O)cc1.